The summed E-state index contributed by atoms with van der Waals surface area (Å²) in [5.41, 5.74) is 2.34. The van der Waals surface area contributed by atoms with Crippen LogP contribution in [-0.2, 0) is 6.54 Å². The molecule has 3 N–H and O–H groups in total. The molecule has 0 aliphatic heterocycles. The first-order chi connectivity index (χ1) is 12.9. The molecule has 6 heteroatoms. The van der Waals surface area contributed by atoms with Crippen molar-refractivity contribution in [3.8, 4) is 0 Å². The second-order valence-electron chi connectivity index (χ2n) is 6.81. The molecule has 0 aliphatic carbocycles. The quantitative estimate of drug-likeness (QED) is 0.670. The monoisotopic (exact) mass is 368 g/mol. The number of benzene rings is 2. The molecule has 0 aromatic heterocycles. The Kier molecular flexibility index (Phi) is 7.82. The number of hydrogen-bond donors (Lipinski definition) is 3. The third kappa shape index (κ3) is 7.50. The summed E-state index contributed by atoms with van der Waals surface area (Å²) in [6, 6.07) is 16.9. The maximum absolute atomic E-state index is 12.3. The van der Waals surface area contributed by atoms with Gasteiger partial charge >= 0.3 is 6.03 Å². The summed E-state index contributed by atoms with van der Waals surface area (Å²) in [5.74, 6) is -0.156. The van der Waals surface area contributed by atoms with E-state index < -0.39 is 0 Å². The largest absolute Gasteiger partial charge is 0.351 e. The summed E-state index contributed by atoms with van der Waals surface area (Å²) in [6.07, 6.45) is 0. The van der Waals surface area contributed by atoms with Crippen LogP contribution in [0.1, 0.15) is 29.8 Å². The zero-order chi connectivity index (χ0) is 19.6. The molecule has 6 nitrogen and oxygen atoms in total. The summed E-state index contributed by atoms with van der Waals surface area (Å²) in [6.45, 7) is 5.90. The van der Waals surface area contributed by atoms with Gasteiger partial charge in [0.05, 0.1) is 0 Å². The number of hydrogen-bond acceptors (Lipinski definition) is 3. The van der Waals surface area contributed by atoms with E-state index >= 15 is 0 Å². The van der Waals surface area contributed by atoms with Crippen LogP contribution in [0.4, 0.5) is 10.5 Å². The molecule has 2 aromatic carbocycles. The lowest BCUT2D eigenvalue weighted by molar-refractivity contribution is 0.0949. The number of carbonyl (C=O) groups is 2. The molecule has 0 saturated carbocycles. The highest BCUT2D eigenvalue weighted by molar-refractivity contribution is 5.96. The highest BCUT2D eigenvalue weighted by Crippen LogP contribution is 2.10. The van der Waals surface area contributed by atoms with Gasteiger partial charge in [-0.2, -0.15) is 0 Å². The van der Waals surface area contributed by atoms with E-state index in [1.165, 1.54) is 5.56 Å². The van der Waals surface area contributed by atoms with Crippen LogP contribution < -0.4 is 16.0 Å². The number of rotatable bonds is 8. The van der Waals surface area contributed by atoms with Crippen molar-refractivity contribution in [2.45, 2.75) is 26.4 Å². The van der Waals surface area contributed by atoms with Crippen molar-refractivity contribution in [2.75, 3.05) is 25.5 Å². The Morgan fingerprint density at radius 2 is 1.78 bits per heavy atom. The van der Waals surface area contributed by atoms with Crippen LogP contribution in [0.3, 0.4) is 0 Å². The number of likely N-dealkylation sites (N-methyl/N-ethyl adjacent to an activating group) is 1. The minimum atomic E-state index is -0.287. The lowest BCUT2D eigenvalue weighted by Gasteiger charge is -2.17. The van der Waals surface area contributed by atoms with E-state index in [-0.39, 0.29) is 18.0 Å². The topological polar surface area (TPSA) is 73.5 Å². The Hall–Kier alpha value is -2.86. The highest BCUT2D eigenvalue weighted by atomic mass is 16.2. The van der Waals surface area contributed by atoms with Crippen LogP contribution in [0.15, 0.2) is 54.6 Å². The van der Waals surface area contributed by atoms with Crippen LogP contribution in [-0.4, -0.2) is 43.0 Å². The molecule has 3 amide bonds. The Morgan fingerprint density at radius 1 is 1.04 bits per heavy atom. The maximum atomic E-state index is 12.3. The highest BCUT2D eigenvalue weighted by Gasteiger charge is 2.09. The van der Waals surface area contributed by atoms with Crippen molar-refractivity contribution < 1.29 is 9.59 Å². The van der Waals surface area contributed by atoms with Crippen molar-refractivity contribution in [1.29, 1.82) is 0 Å². The van der Waals surface area contributed by atoms with E-state index in [2.05, 4.69) is 33.0 Å². The molecular weight excluding hydrogens is 340 g/mol. The fourth-order valence-corrected chi connectivity index (χ4v) is 2.60. The molecule has 0 atom stereocenters. The van der Waals surface area contributed by atoms with Gasteiger partial charge in [0, 0.05) is 36.9 Å². The second kappa shape index (κ2) is 10.3. The van der Waals surface area contributed by atoms with Crippen molar-refractivity contribution in [1.82, 2.24) is 15.5 Å². The van der Waals surface area contributed by atoms with Crippen molar-refractivity contribution >= 4 is 17.6 Å². The Labute approximate surface area is 161 Å². The molecule has 0 unspecified atom stereocenters. The summed E-state index contributed by atoms with van der Waals surface area (Å²) >= 11 is 0. The van der Waals surface area contributed by atoms with E-state index in [4.69, 9.17) is 0 Å². The molecular formula is C21H28N4O2. The minimum Gasteiger partial charge on any atom is -0.351 e. The average molecular weight is 368 g/mol. The lowest BCUT2D eigenvalue weighted by Crippen LogP contribution is -2.34. The Morgan fingerprint density at radius 3 is 2.48 bits per heavy atom. The third-order valence-electron chi connectivity index (χ3n) is 3.88. The number of nitrogens with one attached hydrogen (secondary N) is 3. The van der Waals surface area contributed by atoms with Gasteiger partial charge in [0.1, 0.15) is 0 Å². The molecule has 0 saturated heterocycles. The van der Waals surface area contributed by atoms with Crippen molar-refractivity contribution in [3.63, 3.8) is 0 Å². The standard InChI is InChI=1S/C21H28N4O2/c1-16(2)23-21(27)24-19-11-7-10-18(14-19)20(26)22-12-13-25(3)15-17-8-5-4-6-9-17/h4-11,14,16H,12-13,15H2,1-3H3,(H,22,26)(H2,23,24,27). The van der Waals surface area contributed by atoms with Crippen LogP contribution in [0.25, 0.3) is 0 Å². The van der Waals surface area contributed by atoms with Crippen LogP contribution in [0.2, 0.25) is 0 Å². The maximum Gasteiger partial charge on any atom is 0.319 e. The lowest BCUT2D eigenvalue weighted by atomic mass is 10.2. The van der Waals surface area contributed by atoms with E-state index in [9.17, 15) is 9.59 Å². The first-order valence-corrected chi connectivity index (χ1v) is 9.12. The smallest absolute Gasteiger partial charge is 0.319 e. The first kappa shape index (κ1) is 20.5. The fraction of sp³-hybridized carbons (Fsp3) is 0.333. The molecule has 0 bridgehead atoms. The van der Waals surface area contributed by atoms with Gasteiger partial charge in [-0.3, -0.25) is 4.79 Å². The Balaban J connectivity index is 1.80. The molecule has 0 aliphatic rings. The van der Waals surface area contributed by atoms with Gasteiger partial charge in [-0.25, -0.2) is 4.79 Å². The van der Waals surface area contributed by atoms with Gasteiger partial charge in [0.2, 0.25) is 0 Å². The minimum absolute atomic E-state index is 0.0457. The molecule has 0 spiro atoms. The fourth-order valence-electron chi connectivity index (χ4n) is 2.60. The van der Waals surface area contributed by atoms with E-state index in [1.54, 1.807) is 24.3 Å². The normalized spacial score (nSPS) is 10.7. The van der Waals surface area contributed by atoms with Gasteiger partial charge in [-0.1, -0.05) is 36.4 Å². The second-order valence-corrected chi connectivity index (χ2v) is 6.81. The van der Waals surface area contributed by atoms with Crippen LogP contribution >= 0.6 is 0 Å². The molecule has 0 fully saturated rings. The third-order valence-corrected chi connectivity index (χ3v) is 3.88. The molecule has 27 heavy (non-hydrogen) atoms. The van der Waals surface area contributed by atoms with Crippen LogP contribution in [0.5, 0.6) is 0 Å². The van der Waals surface area contributed by atoms with E-state index in [0.717, 1.165) is 13.1 Å². The van der Waals surface area contributed by atoms with Crippen molar-refractivity contribution in [3.05, 3.63) is 65.7 Å². The van der Waals surface area contributed by atoms with Gasteiger partial charge < -0.3 is 20.9 Å². The molecule has 2 aromatic rings. The van der Waals surface area contributed by atoms with Gasteiger partial charge in [-0.15, -0.1) is 0 Å². The zero-order valence-electron chi connectivity index (χ0n) is 16.2. The molecule has 2 rings (SSSR count). The number of nitrogens with zero attached hydrogens (tertiary/aromatic N) is 1. The summed E-state index contributed by atoms with van der Waals surface area (Å²) in [4.78, 5) is 26.3. The number of urea groups is 1. The molecule has 0 heterocycles. The number of carbonyl (C=O) groups excluding carboxylic acids is 2. The summed E-state index contributed by atoms with van der Waals surface area (Å²) < 4.78 is 0. The predicted molar refractivity (Wildman–Crippen MR) is 109 cm³/mol. The molecule has 144 valence electrons. The van der Waals surface area contributed by atoms with E-state index in [1.807, 2.05) is 39.1 Å². The van der Waals surface area contributed by atoms with Gasteiger partial charge in [-0.05, 0) is 44.7 Å². The Bertz CT molecular complexity index is 747. The SMILES string of the molecule is CC(C)NC(=O)Nc1cccc(C(=O)NCCN(C)Cc2ccccc2)c1. The van der Waals surface area contributed by atoms with E-state index in [0.29, 0.717) is 17.8 Å². The molecule has 0 radical (unpaired) electrons. The van der Waals surface area contributed by atoms with Gasteiger partial charge in [0.25, 0.3) is 5.91 Å². The summed E-state index contributed by atoms with van der Waals surface area (Å²) in [7, 11) is 2.02. The van der Waals surface area contributed by atoms with Gasteiger partial charge in [0.15, 0.2) is 0 Å². The van der Waals surface area contributed by atoms with Crippen LogP contribution in [0, 0.1) is 0 Å². The number of anilines is 1. The zero-order valence-corrected chi connectivity index (χ0v) is 16.2. The predicted octanol–water partition coefficient (Wildman–Crippen LogP) is 3.08. The van der Waals surface area contributed by atoms with Crippen molar-refractivity contribution in [2.24, 2.45) is 0 Å². The summed E-state index contributed by atoms with van der Waals surface area (Å²) in [5, 5.41) is 8.40. The number of amides is 3. The average Bonchev–Trinajstić information content (AvgIpc) is 2.62. The first-order valence-electron chi connectivity index (χ1n) is 9.12.